The average Bonchev–Trinajstić information content (AvgIpc) is 1.55. The zero-order chi connectivity index (χ0) is 79.1. The van der Waals surface area contributed by atoms with Crippen LogP contribution in [-0.4, -0.2) is 38.2 Å². The average molecular weight is 1530 g/mol. The minimum Gasteiger partial charge on any atom is -0.309 e. The summed E-state index contributed by atoms with van der Waals surface area (Å²) >= 11 is 0. The lowest BCUT2D eigenvalue weighted by Gasteiger charge is -2.14. The molecule has 24 rings (SSSR count). The number of nitrogens with zero attached hydrogens (tertiary/aromatic N) is 8. The molecule has 8 nitrogen and oxygen atoms in total. The molecule has 0 aliphatic rings. The third kappa shape index (κ3) is 11.8. The summed E-state index contributed by atoms with van der Waals surface area (Å²) in [6, 6.07) is 156. The Hall–Kier alpha value is -16.2. The molecular formula is C112H72N8. The van der Waals surface area contributed by atoms with Crippen LogP contribution in [0.15, 0.2) is 437 Å². The molecular weight excluding hydrogens is 1460 g/mol. The van der Waals surface area contributed by atoms with Gasteiger partial charge in [-0.1, -0.05) is 328 Å². The van der Waals surface area contributed by atoms with Gasteiger partial charge < -0.3 is 18.3 Å². The highest BCUT2D eigenvalue weighted by Gasteiger charge is 2.26. The minimum absolute atomic E-state index is 0.691. The Morgan fingerprint density at radius 2 is 0.467 bits per heavy atom. The predicted octanol–water partition coefficient (Wildman–Crippen LogP) is 29.0. The van der Waals surface area contributed by atoms with Crippen LogP contribution in [0.2, 0.25) is 0 Å². The van der Waals surface area contributed by atoms with Gasteiger partial charge in [0, 0.05) is 98.6 Å². The molecule has 0 atom stereocenters. The largest absolute Gasteiger partial charge is 0.309 e. The first-order chi connectivity index (χ1) is 59.5. The summed E-state index contributed by atoms with van der Waals surface area (Å²) in [7, 11) is 0. The fraction of sp³-hybridized carbons (Fsp3) is 0. The molecule has 0 N–H and O–H groups in total. The second-order valence-corrected chi connectivity index (χ2v) is 30.8. The van der Waals surface area contributed by atoms with E-state index in [-0.39, 0.29) is 0 Å². The van der Waals surface area contributed by atoms with Gasteiger partial charge in [0.25, 0.3) is 0 Å². The number of benzene rings is 18. The van der Waals surface area contributed by atoms with Crippen molar-refractivity contribution in [3.63, 3.8) is 0 Å². The molecule has 0 aliphatic heterocycles. The highest BCUT2D eigenvalue weighted by Crippen LogP contribution is 2.47. The van der Waals surface area contributed by atoms with E-state index in [9.17, 15) is 0 Å². The van der Waals surface area contributed by atoms with E-state index in [1.165, 1.54) is 104 Å². The van der Waals surface area contributed by atoms with Crippen LogP contribution in [0.25, 0.3) is 222 Å². The molecule has 0 spiro atoms. The number of rotatable bonds is 12. The van der Waals surface area contributed by atoms with Crippen LogP contribution in [0.4, 0.5) is 0 Å². The van der Waals surface area contributed by atoms with E-state index in [0.29, 0.717) is 11.6 Å². The molecule has 6 aromatic heterocycles. The SMILES string of the molecule is c1ccc(-c2cccc(-c3cc(-c4ccc5c(-n6c7ccccc7c7c6ccc6c8ccccc8n(-c8ccccc8)c67)cccc5c4)nc(-c4ccccc4)n3)c2)cc1.c1ccc(-c2cccc(-c3cc(-c4ccccc4)nc(-c4ccc5c(-n6c7ccccc7c7c6ccc6c8ccccc8n(-c8ccccc8)c67)cccc5c4)n3)c2)cc1. The summed E-state index contributed by atoms with van der Waals surface area (Å²) in [4.78, 5) is 20.8. The Bertz CT molecular complexity index is 7650. The van der Waals surface area contributed by atoms with Crippen molar-refractivity contribution in [3.05, 3.63) is 437 Å². The summed E-state index contributed by atoms with van der Waals surface area (Å²) in [6.07, 6.45) is 0. The Morgan fingerprint density at radius 1 is 0.158 bits per heavy atom. The maximum absolute atomic E-state index is 5.26. The highest BCUT2D eigenvalue weighted by molar-refractivity contribution is 6.28. The Balaban J connectivity index is 0.000000140. The molecule has 0 radical (unpaired) electrons. The summed E-state index contributed by atoms with van der Waals surface area (Å²) in [5.41, 5.74) is 28.4. The van der Waals surface area contributed by atoms with E-state index in [2.05, 4.69) is 431 Å². The van der Waals surface area contributed by atoms with Gasteiger partial charge in [0.1, 0.15) is 0 Å². The van der Waals surface area contributed by atoms with Crippen LogP contribution in [0.5, 0.6) is 0 Å². The second kappa shape index (κ2) is 29.0. The molecule has 24 aromatic rings. The molecule has 18 aromatic carbocycles. The molecule has 8 heteroatoms. The van der Waals surface area contributed by atoms with Gasteiger partial charge in [-0.15, -0.1) is 0 Å². The van der Waals surface area contributed by atoms with E-state index in [1.54, 1.807) is 0 Å². The Kier molecular flexibility index (Phi) is 16.7. The molecule has 560 valence electrons. The van der Waals surface area contributed by atoms with E-state index in [0.717, 1.165) is 106 Å². The fourth-order valence-electron chi connectivity index (χ4n) is 18.4. The van der Waals surface area contributed by atoms with Gasteiger partial charge >= 0.3 is 0 Å². The molecule has 0 unspecified atom stereocenters. The van der Waals surface area contributed by atoms with Crippen LogP contribution < -0.4 is 0 Å². The van der Waals surface area contributed by atoms with E-state index >= 15 is 0 Å². The topological polar surface area (TPSA) is 71.3 Å². The Morgan fingerprint density at radius 3 is 0.908 bits per heavy atom. The molecule has 0 saturated heterocycles. The van der Waals surface area contributed by atoms with E-state index < -0.39 is 0 Å². The first-order valence-corrected chi connectivity index (χ1v) is 40.8. The van der Waals surface area contributed by atoms with Gasteiger partial charge in [-0.3, -0.25) is 0 Å². The number of hydrogen-bond donors (Lipinski definition) is 0. The van der Waals surface area contributed by atoms with Crippen LogP contribution in [0, 0.1) is 0 Å². The monoisotopic (exact) mass is 1530 g/mol. The van der Waals surface area contributed by atoms with Gasteiger partial charge in [0.15, 0.2) is 11.6 Å². The summed E-state index contributed by atoms with van der Waals surface area (Å²) in [5, 5.41) is 14.5. The normalized spacial score (nSPS) is 11.7. The molecule has 120 heavy (non-hydrogen) atoms. The summed E-state index contributed by atoms with van der Waals surface area (Å²) in [6.45, 7) is 0. The van der Waals surface area contributed by atoms with Gasteiger partial charge in [-0.25, -0.2) is 19.9 Å². The molecule has 0 saturated carbocycles. The van der Waals surface area contributed by atoms with Crippen molar-refractivity contribution in [1.29, 1.82) is 0 Å². The first kappa shape index (κ1) is 69.4. The molecule has 6 heterocycles. The lowest BCUT2D eigenvalue weighted by atomic mass is 9.99. The van der Waals surface area contributed by atoms with Crippen molar-refractivity contribution in [1.82, 2.24) is 38.2 Å². The van der Waals surface area contributed by atoms with Gasteiger partial charge in [0.2, 0.25) is 0 Å². The minimum atomic E-state index is 0.691. The van der Waals surface area contributed by atoms with Crippen LogP contribution in [0.3, 0.4) is 0 Å². The molecule has 0 amide bonds. The predicted molar refractivity (Wildman–Crippen MR) is 500 cm³/mol. The fourth-order valence-corrected chi connectivity index (χ4v) is 18.4. The van der Waals surface area contributed by atoms with E-state index in [1.807, 2.05) is 24.3 Å². The van der Waals surface area contributed by atoms with Crippen molar-refractivity contribution >= 4 is 109 Å². The number of hydrogen-bond acceptors (Lipinski definition) is 4. The molecule has 0 fully saturated rings. The van der Waals surface area contributed by atoms with Gasteiger partial charge in [0.05, 0.1) is 78.3 Å². The lowest BCUT2D eigenvalue weighted by Crippen LogP contribution is -1.98. The van der Waals surface area contributed by atoms with Gasteiger partial charge in [-0.2, -0.15) is 0 Å². The van der Waals surface area contributed by atoms with Crippen molar-refractivity contribution in [2.24, 2.45) is 0 Å². The van der Waals surface area contributed by atoms with Gasteiger partial charge in [-0.05, 0) is 142 Å². The first-order valence-electron chi connectivity index (χ1n) is 40.8. The maximum atomic E-state index is 5.26. The second-order valence-electron chi connectivity index (χ2n) is 30.8. The van der Waals surface area contributed by atoms with Crippen molar-refractivity contribution in [3.8, 4) is 113 Å². The third-order valence-electron chi connectivity index (χ3n) is 23.8. The molecule has 0 aliphatic carbocycles. The zero-order valence-electron chi connectivity index (χ0n) is 65.1. The number of fused-ring (bicyclic) bond motifs is 16. The van der Waals surface area contributed by atoms with Crippen LogP contribution in [-0.2, 0) is 0 Å². The standard InChI is InChI=1S/2C56H36N4/c1-4-16-37(17-5-1)39-20-14-22-41(34-39)48-36-49(58-56(57-48)38-18-6-2-7-19-38)42-30-31-44-40(35-42)21-15-29-50(44)60-52-28-13-11-26-47(52)54-53(60)33-32-46-45-25-10-12-27-51(45)59(55(46)54)43-23-8-3-9-24-43;1-4-16-37(17-5-1)39-20-14-22-41(34-39)49-36-48(38-18-6-2-7-19-38)57-56(58-49)42-30-31-44-40(35-42)21-15-29-50(44)60-52-28-13-11-26-47(52)54-53(60)33-32-46-45-25-10-12-27-51(45)59(55(46)54)43-23-8-3-9-24-43/h2*1-36H. The highest BCUT2D eigenvalue weighted by atomic mass is 15.0. The Labute approximate surface area is 692 Å². The smallest absolute Gasteiger partial charge is 0.160 e. The third-order valence-corrected chi connectivity index (χ3v) is 23.8. The quantitative estimate of drug-likeness (QED) is 0.122. The van der Waals surface area contributed by atoms with Crippen molar-refractivity contribution in [2.45, 2.75) is 0 Å². The molecule has 0 bridgehead atoms. The lowest BCUT2D eigenvalue weighted by molar-refractivity contribution is 1.18. The number of aromatic nitrogens is 8. The van der Waals surface area contributed by atoms with Crippen molar-refractivity contribution < 1.29 is 0 Å². The maximum Gasteiger partial charge on any atom is 0.160 e. The number of para-hydroxylation sites is 6. The summed E-state index contributed by atoms with van der Waals surface area (Å²) < 4.78 is 9.78. The van der Waals surface area contributed by atoms with E-state index in [4.69, 9.17) is 19.9 Å². The van der Waals surface area contributed by atoms with Crippen LogP contribution >= 0.6 is 0 Å². The summed E-state index contributed by atoms with van der Waals surface area (Å²) in [5.74, 6) is 1.39. The van der Waals surface area contributed by atoms with Crippen LogP contribution in [0.1, 0.15) is 0 Å². The van der Waals surface area contributed by atoms with Crippen molar-refractivity contribution in [2.75, 3.05) is 0 Å². The zero-order valence-corrected chi connectivity index (χ0v) is 65.1.